The van der Waals surface area contributed by atoms with Crippen LogP contribution in [0.2, 0.25) is 0 Å². The number of anilines is 2. The van der Waals surface area contributed by atoms with Crippen LogP contribution in [0.1, 0.15) is 6.42 Å². The summed E-state index contributed by atoms with van der Waals surface area (Å²) in [6, 6.07) is 13.2. The van der Waals surface area contributed by atoms with Crippen LogP contribution in [0.4, 0.5) is 15.8 Å². The van der Waals surface area contributed by atoms with E-state index in [1.807, 2.05) is 12.1 Å². The minimum atomic E-state index is -0.540. The van der Waals surface area contributed by atoms with Crippen LogP contribution >= 0.6 is 0 Å². The molecule has 1 unspecified atom stereocenters. The second-order valence-electron chi connectivity index (χ2n) is 6.68. The Morgan fingerprint density at radius 2 is 2.03 bits per heavy atom. The second kappa shape index (κ2) is 7.75. The highest BCUT2D eigenvalue weighted by atomic mass is 19.1. The van der Waals surface area contributed by atoms with Crippen LogP contribution in [-0.4, -0.2) is 35.2 Å². The molecule has 29 heavy (non-hydrogen) atoms. The fraction of sp³-hybridized carbons (Fsp3) is 0.190. The van der Waals surface area contributed by atoms with Crippen LogP contribution in [0.15, 0.2) is 60.9 Å². The first-order valence-corrected chi connectivity index (χ1v) is 9.10. The minimum Gasteiger partial charge on any atom is -0.495 e. The highest BCUT2D eigenvalue weighted by molar-refractivity contribution is 6.04. The lowest BCUT2D eigenvalue weighted by molar-refractivity contribution is -0.122. The zero-order chi connectivity index (χ0) is 20.4. The van der Waals surface area contributed by atoms with Crippen LogP contribution in [0.5, 0.6) is 5.75 Å². The number of halogens is 1. The maximum absolute atomic E-state index is 14.4. The molecule has 0 spiro atoms. The fourth-order valence-electron chi connectivity index (χ4n) is 3.39. The number of methoxy groups -OCH3 is 1. The summed E-state index contributed by atoms with van der Waals surface area (Å²) >= 11 is 0. The number of para-hydroxylation sites is 2. The number of hydrogen-bond donors (Lipinski definition) is 1. The van der Waals surface area contributed by atoms with Crippen molar-refractivity contribution < 1.29 is 18.7 Å². The van der Waals surface area contributed by atoms with Gasteiger partial charge in [0.15, 0.2) is 5.82 Å². The summed E-state index contributed by atoms with van der Waals surface area (Å²) < 4.78 is 21.1. The van der Waals surface area contributed by atoms with Crippen LogP contribution in [-0.2, 0) is 9.59 Å². The van der Waals surface area contributed by atoms with E-state index < -0.39 is 11.7 Å². The Balaban J connectivity index is 1.47. The number of carbonyl (C=O) groups excluding carboxylic acids is 2. The molecule has 0 saturated carbocycles. The highest BCUT2D eigenvalue weighted by Gasteiger charge is 2.36. The van der Waals surface area contributed by atoms with Gasteiger partial charge < -0.3 is 15.0 Å². The third kappa shape index (κ3) is 3.69. The van der Waals surface area contributed by atoms with Gasteiger partial charge in [0, 0.05) is 31.0 Å². The van der Waals surface area contributed by atoms with Crippen molar-refractivity contribution >= 4 is 23.2 Å². The van der Waals surface area contributed by atoms with Gasteiger partial charge in [-0.05, 0) is 36.4 Å². The first kappa shape index (κ1) is 18.7. The summed E-state index contributed by atoms with van der Waals surface area (Å²) in [5, 5.41) is 6.70. The molecule has 8 heteroatoms. The minimum absolute atomic E-state index is 0.0811. The van der Waals surface area contributed by atoms with Gasteiger partial charge in [-0.1, -0.05) is 12.1 Å². The van der Waals surface area contributed by atoms with E-state index in [1.54, 1.807) is 47.6 Å². The van der Waals surface area contributed by atoms with Crippen LogP contribution < -0.4 is 15.0 Å². The van der Waals surface area contributed by atoms with Crippen LogP contribution in [0.3, 0.4) is 0 Å². The molecule has 0 bridgehead atoms. The summed E-state index contributed by atoms with van der Waals surface area (Å²) in [5.74, 6) is -0.971. The van der Waals surface area contributed by atoms with E-state index >= 15 is 0 Å². The predicted molar refractivity (Wildman–Crippen MR) is 106 cm³/mol. The molecule has 1 fully saturated rings. The lowest BCUT2D eigenvalue weighted by Crippen LogP contribution is -2.28. The Labute approximate surface area is 166 Å². The Bertz CT molecular complexity index is 1050. The third-order valence-corrected chi connectivity index (χ3v) is 4.84. The van der Waals surface area contributed by atoms with Gasteiger partial charge in [0.05, 0.1) is 18.7 Å². The number of carbonyl (C=O) groups is 2. The van der Waals surface area contributed by atoms with Gasteiger partial charge in [-0.15, -0.1) is 0 Å². The fourth-order valence-corrected chi connectivity index (χ4v) is 3.39. The van der Waals surface area contributed by atoms with Gasteiger partial charge in [0.25, 0.3) is 0 Å². The molecule has 148 valence electrons. The SMILES string of the molecule is COc1ccccc1N1CC(C(=O)Nc2ccc(-n3cccn3)c(F)c2)CC1=O. The van der Waals surface area contributed by atoms with Crippen molar-refractivity contribution in [2.75, 3.05) is 23.9 Å². The molecule has 2 amide bonds. The maximum Gasteiger partial charge on any atom is 0.229 e. The van der Waals surface area contributed by atoms with E-state index in [2.05, 4.69) is 10.4 Å². The molecule has 4 rings (SSSR count). The Morgan fingerprint density at radius 1 is 1.21 bits per heavy atom. The number of nitrogens with one attached hydrogen (secondary N) is 1. The zero-order valence-electron chi connectivity index (χ0n) is 15.7. The van der Waals surface area contributed by atoms with Crippen LogP contribution in [0, 0.1) is 11.7 Å². The van der Waals surface area contributed by atoms with Gasteiger partial charge in [0.2, 0.25) is 11.8 Å². The van der Waals surface area contributed by atoms with Crippen molar-refractivity contribution in [1.29, 1.82) is 0 Å². The van der Waals surface area contributed by atoms with Gasteiger partial charge in [-0.2, -0.15) is 5.10 Å². The van der Waals surface area contributed by atoms with Crippen molar-refractivity contribution in [1.82, 2.24) is 9.78 Å². The number of nitrogens with zero attached hydrogens (tertiary/aromatic N) is 3. The summed E-state index contributed by atoms with van der Waals surface area (Å²) in [7, 11) is 1.53. The normalized spacial score (nSPS) is 16.1. The Kier molecular flexibility index (Phi) is 4.99. The zero-order valence-corrected chi connectivity index (χ0v) is 15.7. The molecule has 1 saturated heterocycles. The Morgan fingerprint density at radius 3 is 2.76 bits per heavy atom. The van der Waals surface area contributed by atoms with Gasteiger partial charge in [-0.3, -0.25) is 9.59 Å². The first-order valence-electron chi connectivity index (χ1n) is 9.10. The number of rotatable bonds is 5. The van der Waals surface area contributed by atoms with Crippen molar-refractivity contribution in [3.63, 3.8) is 0 Å². The number of amides is 2. The third-order valence-electron chi connectivity index (χ3n) is 4.84. The molecule has 1 atom stereocenters. The molecule has 7 nitrogen and oxygen atoms in total. The molecule has 0 aliphatic carbocycles. The van der Waals surface area contributed by atoms with E-state index in [9.17, 15) is 14.0 Å². The highest BCUT2D eigenvalue weighted by Crippen LogP contribution is 2.33. The lowest BCUT2D eigenvalue weighted by Gasteiger charge is -2.19. The van der Waals surface area contributed by atoms with E-state index in [0.29, 0.717) is 17.1 Å². The van der Waals surface area contributed by atoms with E-state index in [4.69, 9.17) is 4.74 Å². The predicted octanol–water partition coefficient (Wildman–Crippen LogP) is 3.01. The molecule has 1 aliphatic heterocycles. The van der Waals surface area contributed by atoms with Gasteiger partial charge >= 0.3 is 0 Å². The largest absolute Gasteiger partial charge is 0.495 e. The molecular weight excluding hydrogens is 375 g/mol. The molecule has 1 N–H and O–H groups in total. The summed E-state index contributed by atoms with van der Waals surface area (Å²) in [6.45, 7) is 0.235. The molecular formula is C21H19FN4O3. The summed E-state index contributed by atoms with van der Waals surface area (Å²) in [5.41, 5.74) is 1.24. The van der Waals surface area contributed by atoms with Crippen molar-refractivity contribution in [2.45, 2.75) is 6.42 Å². The number of aromatic nitrogens is 2. The van der Waals surface area contributed by atoms with Gasteiger partial charge in [-0.25, -0.2) is 9.07 Å². The number of benzene rings is 2. The molecule has 1 aliphatic rings. The lowest BCUT2D eigenvalue weighted by atomic mass is 10.1. The molecule has 3 aromatic rings. The van der Waals surface area contributed by atoms with E-state index in [1.165, 1.54) is 17.9 Å². The van der Waals surface area contributed by atoms with E-state index in [-0.39, 0.29) is 30.5 Å². The molecule has 0 radical (unpaired) electrons. The molecule has 2 aromatic carbocycles. The average molecular weight is 394 g/mol. The smallest absolute Gasteiger partial charge is 0.229 e. The standard InChI is InChI=1S/C21H19FN4O3/c1-29-19-6-3-2-5-18(19)25-13-14(11-20(25)27)21(28)24-15-7-8-17(16(22)12-15)26-10-4-9-23-26/h2-10,12,14H,11,13H2,1H3,(H,24,28). The summed E-state index contributed by atoms with van der Waals surface area (Å²) in [4.78, 5) is 26.7. The van der Waals surface area contributed by atoms with Gasteiger partial charge in [0.1, 0.15) is 11.4 Å². The number of hydrogen-bond acceptors (Lipinski definition) is 4. The molecule has 1 aromatic heterocycles. The van der Waals surface area contributed by atoms with Crippen molar-refractivity contribution in [3.8, 4) is 11.4 Å². The molecule has 2 heterocycles. The van der Waals surface area contributed by atoms with E-state index in [0.717, 1.165) is 0 Å². The van der Waals surface area contributed by atoms with Crippen molar-refractivity contribution in [2.24, 2.45) is 5.92 Å². The topological polar surface area (TPSA) is 76.5 Å². The number of ether oxygens (including phenoxy) is 1. The average Bonchev–Trinajstić information content (AvgIpc) is 3.38. The van der Waals surface area contributed by atoms with Crippen LogP contribution in [0.25, 0.3) is 5.69 Å². The second-order valence-corrected chi connectivity index (χ2v) is 6.68. The maximum atomic E-state index is 14.4. The monoisotopic (exact) mass is 394 g/mol. The first-order chi connectivity index (χ1) is 14.1. The quantitative estimate of drug-likeness (QED) is 0.722. The van der Waals surface area contributed by atoms with Crippen molar-refractivity contribution in [3.05, 3.63) is 66.7 Å². The Hall–Kier alpha value is -3.68. The summed E-state index contributed by atoms with van der Waals surface area (Å²) in [6.07, 6.45) is 3.27.